The third-order valence-corrected chi connectivity index (χ3v) is 20.5. The van der Waals surface area contributed by atoms with E-state index in [1.807, 2.05) is 61.9 Å². The third kappa shape index (κ3) is 22.6. The zero-order valence-corrected chi connectivity index (χ0v) is 59.6. The SMILES string of the molecule is COC(=O)c1ccc(F)c(F)c1C.COC(=O)c1ccc(F)c(F)c1CBr.COC(=O)c1ccc(F)c(F)c1CSc1ccsc1.Cc1c(C(=O)O)ccc(F)c1F.O=C(O)c1ccc(F)c(F)c1CSc1ccsc1.O=C1c2ccc(F)c(F)c2CSc2ccsc21.Sc1ccsc1. The van der Waals surface area contributed by atoms with Crippen LogP contribution in [0.2, 0.25) is 0 Å². The number of carbonyl (C=O) groups is 6. The molecule has 0 amide bonds. The first-order chi connectivity index (χ1) is 47.0. The molecule has 0 radical (unpaired) electrons. The Bertz CT molecular complexity index is 4460. The molecule has 10 aromatic rings. The first kappa shape index (κ1) is 81.9. The number of thioether (sulfide) groups is 3. The molecule has 0 fully saturated rings. The Labute approximate surface area is 599 Å². The van der Waals surface area contributed by atoms with E-state index >= 15 is 0 Å². The number of ketones is 1. The quantitative estimate of drug-likeness (QED) is 0.0264. The topological polar surface area (TPSA) is 171 Å². The predicted octanol–water partition coefficient (Wildman–Crippen LogP) is 20.7. The van der Waals surface area contributed by atoms with Gasteiger partial charge >= 0.3 is 29.8 Å². The van der Waals surface area contributed by atoms with Gasteiger partial charge in [0.05, 0.1) is 54.0 Å². The zero-order valence-electron chi connectivity index (χ0n) is 51.4. The number of hydrogen-bond acceptors (Lipinski definition) is 17. The number of hydrogen-bond donors (Lipinski definition) is 3. The van der Waals surface area contributed by atoms with Crippen molar-refractivity contribution >= 4 is 145 Å². The van der Waals surface area contributed by atoms with Crippen LogP contribution in [0, 0.1) is 83.7 Å². The predicted molar refractivity (Wildman–Crippen MR) is 365 cm³/mol. The molecular weight excluding hydrogens is 1550 g/mol. The number of thiophene rings is 4. The minimum absolute atomic E-state index is 0.0306. The maximum atomic E-state index is 13.8. The molecule has 2 N–H and O–H groups in total. The molecule has 11 nitrogen and oxygen atoms in total. The molecule has 32 heteroatoms. The van der Waals surface area contributed by atoms with Crippen LogP contribution < -0.4 is 0 Å². The van der Waals surface area contributed by atoms with Crippen LogP contribution in [0.15, 0.2) is 154 Å². The Morgan fingerprint density at radius 3 is 1.28 bits per heavy atom. The fraction of sp³-hybridized carbons (Fsp3) is 0.134. The number of alkyl halides is 1. The van der Waals surface area contributed by atoms with Gasteiger partial charge in [0.25, 0.3) is 0 Å². The molecule has 0 saturated heterocycles. The van der Waals surface area contributed by atoms with Crippen molar-refractivity contribution < 1.29 is 106 Å². The Morgan fingerprint density at radius 2 is 0.859 bits per heavy atom. The standard InChI is InChI=1S/C13H10F2O2S2.C12H8F2O2S2.C12H6F2OS2.C9H7BrF2O2.C9H8F2O2.C8H6F2O2.C4H4S2/c1-17-13(16)9-2-3-11(14)12(15)10(9)7-19-8-4-5-18-6-8;13-10-2-1-8(12(15)16)9(11(10)14)6-18-7-3-4-17-5-7;13-8-2-1-6-7(10(8)14)5-17-9-3-4-16-12(9)11(6)15;1-14-9(13)5-2-3-7(11)8(12)6(5)4-10;1-5-6(9(12)13-2)3-4-7(10)8(5)11;1-4-5(8(11)12)2-3-6(9)7(4)10;5-4-1-2-6-3-4/h2-6H,7H2,1H3;1-5H,6H2,(H,15,16);1-4H,5H2;2-3H,4H2,1H3;3-4H,1-2H3;2-3H,1H3,(H,11,12);1-3,5H. The first-order valence-electron chi connectivity index (χ1n) is 27.3. The molecule has 0 spiro atoms. The fourth-order valence-corrected chi connectivity index (χ4v) is 15.0. The molecule has 522 valence electrons. The number of methoxy groups -OCH3 is 3. The van der Waals surface area contributed by atoms with Crippen LogP contribution in [0.4, 0.5) is 52.7 Å². The van der Waals surface area contributed by atoms with Gasteiger partial charge in [0.2, 0.25) is 5.78 Å². The Hall–Kier alpha value is -7.82. The number of carboxylic acid groups (broad SMARTS) is 2. The summed E-state index contributed by atoms with van der Waals surface area (Å²) in [5.41, 5.74) is -0.159. The lowest BCUT2D eigenvalue weighted by molar-refractivity contribution is 0.0590. The van der Waals surface area contributed by atoms with Crippen molar-refractivity contribution in [1.29, 1.82) is 0 Å². The number of thiol groups is 1. The van der Waals surface area contributed by atoms with Crippen molar-refractivity contribution in [3.63, 3.8) is 0 Å². The smallest absolute Gasteiger partial charge is 0.338 e. The van der Waals surface area contributed by atoms with Crippen molar-refractivity contribution in [2.24, 2.45) is 0 Å². The highest BCUT2D eigenvalue weighted by Gasteiger charge is 2.27. The van der Waals surface area contributed by atoms with Crippen molar-refractivity contribution in [3.05, 3.63) is 276 Å². The molecule has 0 aliphatic carbocycles. The number of halogens is 13. The maximum Gasteiger partial charge on any atom is 0.338 e. The second-order valence-electron chi connectivity index (χ2n) is 19.0. The van der Waals surface area contributed by atoms with E-state index in [2.05, 4.69) is 42.8 Å². The number of carboxylic acids is 2. The maximum absolute atomic E-state index is 13.8. The van der Waals surface area contributed by atoms with E-state index < -0.39 is 99.7 Å². The lowest BCUT2D eigenvalue weighted by Gasteiger charge is -2.09. The first-order valence-corrected chi connectivity index (χ1v) is 35.6. The van der Waals surface area contributed by atoms with Crippen molar-refractivity contribution in [2.75, 3.05) is 21.3 Å². The van der Waals surface area contributed by atoms with Crippen LogP contribution in [-0.2, 0) is 36.8 Å². The van der Waals surface area contributed by atoms with Gasteiger partial charge in [-0.2, -0.15) is 34.0 Å². The molecule has 1 aliphatic heterocycles. The summed E-state index contributed by atoms with van der Waals surface area (Å²) in [7, 11) is 3.57. The minimum atomic E-state index is -1.26. The van der Waals surface area contributed by atoms with Gasteiger partial charge in [0.1, 0.15) is 0 Å². The van der Waals surface area contributed by atoms with E-state index in [0.717, 1.165) is 68.1 Å². The van der Waals surface area contributed by atoms with E-state index in [0.29, 0.717) is 4.88 Å². The highest BCUT2D eigenvalue weighted by Crippen LogP contribution is 2.38. The second kappa shape index (κ2) is 39.8. The highest BCUT2D eigenvalue weighted by molar-refractivity contribution is 9.08. The van der Waals surface area contributed by atoms with Crippen LogP contribution in [0.3, 0.4) is 0 Å². The van der Waals surface area contributed by atoms with E-state index in [9.17, 15) is 81.5 Å². The van der Waals surface area contributed by atoms with Crippen LogP contribution in [0.5, 0.6) is 0 Å². The van der Waals surface area contributed by atoms with Crippen LogP contribution >= 0.6 is 109 Å². The molecule has 4 aromatic heterocycles. The van der Waals surface area contributed by atoms with Gasteiger partial charge in [-0.15, -0.1) is 59.3 Å². The van der Waals surface area contributed by atoms with E-state index in [4.69, 9.17) is 10.2 Å². The number of aromatic carboxylic acids is 2. The van der Waals surface area contributed by atoms with Crippen LogP contribution in [0.1, 0.15) is 100 Å². The molecule has 0 atom stereocenters. The van der Waals surface area contributed by atoms with E-state index in [1.54, 1.807) is 11.3 Å². The van der Waals surface area contributed by atoms with Gasteiger partial charge in [-0.25, -0.2) is 76.7 Å². The average Bonchev–Trinajstić information content (AvgIpc) is 1.51. The number of fused-ring (bicyclic) bond motifs is 2. The summed E-state index contributed by atoms with van der Waals surface area (Å²) in [6.45, 7) is 2.55. The van der Waals surface area contributed by atoms with Gasteiger partial charge in [0, 0.05) is 97.3 Å². The Kier molecular flexibility index (Phi) is 32.9. The molecule has 0 unspecified atom stereocenters. The molecule has 5 heterocycles. The van der Waals surface area contributed by atoms with Crippen molar-refractivity contribution in [1.82, 2.24) is 0 Å². The summed E-state index contributed by atoms with van der Waals surface area (Å²) < 4.78 is 170. The molecule has 0 bridgehead atoms. The van der Waals surface area contributed by atoms with E-state index in [-0.39, 0.29) is 95.1 Å². The number of rotatable bonds is 12. The zero-order chi connectivity index (χ0) is 73.4. The summed E-state index contributed by atoms with van der Waals surface area (Å²) in [5, 5.41) is 30.8. The van der Waals surface area contributed by atoms with Gasteiger partial charge in [-0.05, 0) is 132 Å². The van der Waals surface area contributed by atoms with Crippen molar-refractivity contribution in [2.45, 2.75) is 56.0 Å². The lowest BCUT2D eigenvalue weighted by atomic mass is 10.0. The fourth-order valence-electron chi connectivity index (χ4n) is 7.89. The molecular formula is C67H49BrF12O11S8. The molecule has 99 heavy (non-hydrogen) atoms. The number of ether oxygens (including phenoxy) is 3. The molecule has 11 rings (SSSR count). The molecule has 6 aromatic carbocycles. The second-order valence-corrected chi connectivity index (χ2v) is 26.5. The minimum Gasteiger partial charge on any atom is -0.478 e. The summed E-state index contributed by atoms with van der Waals surface area (Å²) in [4.78, 5) is 71.5. The van der Waals surface area contributed by atoms with Gasteiger partial charge < -0.3 is 24.4 Å². The van der Waals surface area contributed by atoms with Gasteiger partial charge in [-0.3, -0.25) is 4.79 Å². The molecule has 1 aliphatic rings. The largest absolute Gasteiger partial charge is 0.478 e. The summed E-state index contributed by atoms with van der Waals surface area (Å²) in [5.74, 6) is -16.2. The third-order valence-electron chi connectivity index (χ3n) is 13.0. The normalized spacial score (nSPS) is 10.8. The van der Waals surface area contributed by atoms with Crippen molar-refractivity contribution in [3.8, 4) is 0 Å². The lowest BCUT2D eigenvalue weighted by Crippen LogP contribution is -2.08. The summed E-state index contributed by atoms with van der Waals surface area (Å²) >= 11 is 17.0. The average molecular weight is 1590 g/mol. The summed E-state index contributed by atoms with van der Waals surface area (Å²) in [6, 6.07) is 20.0. The monoisotopic (exact) mass is 1590 g/mol. The Balaban J connectivity index is 0.000000212. The van der Waals surface area contributed by atoms with Crippen LogP contribution in [-0.4, -0.2) is 67.2 Å². The van der Waals surface area contributed by atoms with Crippen LogP contribution in [0.25, 0.3) is 0 Å². The van der Waals surface area contributed by atoms with Gasteiger partial charge in [-0.1, -0.05) is 15.9 Å². The molecule has 0 saturated carbocycles. The number of carbonyl (C=O) groups excluding carboxylic acids is 4. The number of benzene rings is 6. The number of esters is 3. The van der Waals surface area contributed by atoms with E-state index in [1.165, 1.54) is 129 Å². The van der Waals surface area contributed by atoms with Gasteiger partial charge in [0.15, 0.2) is 69.8 Å². The highest BCUT2D eigenvalue weighted by atomic mass is 79.9. The Morgan fingerprint density at radius 1 is 0.475 bits per heavy atom. The summed E-state index contributed by atoms with van der Waals surface area (Å²) in [6.07, 6.45) is 0.